The Morgan fingerprint density at radius 1 is 1.28 bits per heavy atom. The minimum atomic E-state index is -0.598. The van der Waals surface area contributed by atoms with Gasteiger partial charge in [-0.15, -0.1) is 0 Å². The van der Waals surface area contributed by atoms with Gasteiger partial charge in [-0.2, -0.15) is 0 Å². The second-order valence-electron chi connectivity index (χ2n) is 3.39. The fourth-order valence-corrected chi connectivity index (χ4v) is 1.28. The molecule has 0 aliphatic carbocycles. The second kappa shape index (κ2) is 5.19. The average molecular weight is 247 g/mol. The second-order valence-corrected chi connectivity index (χ2v) is 3.39. The number of anilines is 2. The Labute approximate surface area is 102 Å². The monoisotopic (exact) mass is 247 g/mol. The van der Waals surface area contributed by atoms with Crippen molar-refractivity contribution in [3.8, 4) is 0 Å². The first-order chi connectivity index (χ1) is 8.70. The molecule has 0 saturated carbocycles. The first-order valence-corrected chi connectivity index (χ1v) is 5.04. The number of nitrogens with two attached hydrogens (primary N) is 1. The van der Waals surface area contributed by atoms with Crippen LogP contribution in [0, 0.1) is 5.82 Å². The molecule has 4 N–H and O–H groups in total. The molecule has 2 aromatic heterocycles. The number of nitrogens with zero attached hydrogens (tertiary/aromatic N) is 2. The van der Waals surface area contributed by atoms with E-state index in [2.05, 4.69) is 20.7 Å². The lowest BCUT2D eigenvalue weighted by molar-refractivity contribution is 0.102. The largest absolute Gasteiger partial charge is 0.319 e. The van der Waals surface area contributed by atoms with E-state index < -0.39 is 11.7 Å². The van der Waals surface area contributed by atoms with Crippen LogP contribution in [-0.4, -0.2) is 15.9 Å². The standard InChI is InChI=1S/C11H10FN5O/c12-8-6-14-4-3-9(8)16-11(18)7-1-2-10(17-13)15-5-7/h1-6H,13H2,(H,15,17)(H,14,16,18). The van der Waals surface area contributed by atoms with Crippen LogP contribution in [0.25, 0.3) is 0 Å². The molecule has 0 aliphatic heterocycles. The van der Waals surface area contributed by atoms with Crippen molar-refractivity contribution in [3.63, 3.8) is 0 Å². The number of carbonyl (C=O) groups excluding carboxylic acids is 1. The fraction of sp³-hybridized carbons (Fsp3) is 0. The molecule has 1 amide bonds. The summed E-state index contributed by atoms with van der Waals surface area (Å²) in [4.78, 5) is 19.2. The van der Waals surface area contributed by atoms with Crippen LogP contribution in [0.1, 0.15) is 10.4 Å². The van der Waals surface area contributed by atoms with E-state index in [4.69, 9.17) is 5.84 Å². The van der Waals surface area contributed by atoms with Crippen LogP contribution in [0.15, 0.2) is 36.8 Å². The number of carbonyl (C=O) groups is 1. The predicted molar refractivity (Wildman–Crippen MR) is 64.2 cm³/mol. The van der Waals surface area contributed by atoms with Crippen molar-refractivity contribution < 1.29 is 9.18 Å². The topological polar surface area (TPSA) is 92.9 Å². The third-order valence-electron chi connectivity index (χ3n) is 2.19. The lowest BCUT2D eigenvalue weighted by atomic mass is 10.2. The first-order valence-electron chi connectivity index (χ1n) is 5.04. The highest BCUT2D eigenvalue weighted by Gasteiger charge is 2.09. The SMILES string of the molecule is NNc1ccc(C(=O)Nc2ccncc2F)cn1. The third kappa shape index (κ3) is 2.58. The Morgan fingerprint density at radius 2 is 2.11 bits per heavy atom. The minimum Gasteiger partial charge on any atom is -0.319 e. The average Bonchev–Trinajstić information content (AvgIpc) is 2.41. The van der Waals surface area contributed by atoms with Gasteiger partial charge < -0.3 is 10.7 Å². The molecule has 18 heavy (non-hydrogen) atoms. The highest BCUT2D eigenvalue weighted by atomic mass is 19.1. The summed E-state index contributed by atoms with van der Waals surface area (Å²) in [5.41, 5.74) is 2.70. The molecule has 7 heteroatoms. The van der Waals surface area contributed by atoms with Gasteiger partial charge in [-0.3, -0.25) is 9.78 Å². The van der Waals surface area contributed by atoms with Crippen molar-refractivity contribution in [2.75, 3.05) is 10.7 Å². The lowest BCUT2D eigenvalue weighted by Gasteiger charge is -2.06. The number of amides is 1. The number of nitrogen functional groups attached to an aromatic ring is 1. The molecular weight excluding hydrogens is 237 g/mol. The van der Waals surface area contributed by atoms with E-state index >= 15 is 0 Å². The van der Waals surface area contributed by atoms with Crippen LogP contribution in [0.5, 0.6) is 0 Å². The van der Waals surface area contributed by atoms with E-state index in [0.29, 0.717) is 11.4 Å². The smallest absolute Gasteiger partial charge is 0.257 e. The maximum absolute atomic E-state index is 13.3. The molecule has 0 unspecified atom stereocenters. The number of hydrogen-bond donors (Lipinski definition) is 3. The Balaban J connectivity index is 2.14. The number of hydrazine groups is 1. The van der Waals surface area contributed by atoms with Crippen LogP contribution in [-0.2, 0) is 0 Å². The predicted octanol–water partition coefficient (Wildman–Crippen LogP) is 1.15. The molecule has 0 radical (unpaired) electrons. The van der Waals surface area contributed by atoms with E-state index in [1.54, 1.807) is 0 Å². The van der Waals surface area contributed by atoms with Crippen LogP contribution >= 0.6 is 0 Å². The molecule has 2 aromatic rings. The molecule has 0 saturated heterocycles. The molecule has 2 heterocycles. The Kier molecular flexibility index (Phi) is 3.44. The highest BCUT2D eigenvalue weighted by Crippen LogP contribution is 2.13. The number of halogens is 1. The molecule has 2 rings (SSSR count). The van der Waals surface area contributed by atoms with Gasteiger partial charge >= 0.3 is 0 Å². The molecule has 0 atom stereocenters. The molecule has 92 valence electrons. The quantitative estimate of drug-likeness (QED) is 0.559. The summed E-state index contributed by atoms with van der Waals surface area (Å²) in [6.07, 6.45) is 3.75. The summed E-state index contributed by atoms with van der Waals surface area (Å²) >= 11 is 0. The van der Waals surface area contributed by atoms with E-state index in [1.165, 1.54) is 30.6 Å². The van der Waals surface area contributed by atoms with Gasteiger partial charge in [0.1, 0.15) is 5.82 Å². The molecular formula is C11H10FN5O. The summed E-state index contributed by atoms with van der Waals surface area (Å²) in [7, 11) is 0. The van der Waals surface area contributed by atoms with Crippen LogP contribution in [0.2, 0.25) is 0 Å². The van der Waals surface area contributed by atoms with Crippen molar-refractivity contribution in [3.05, 3.63) is 48.2 Å². The molecule has 6 nitrogen and oxygen atoms in total. The Hall–Kier alpha value is -2.54. The van der Waals surface area contributed by atoms with Gasteiger partial charge in [0.25, 0.3) is 5.91 Å². The Bertz CT molecular complexity index is 558. The van der Waals surface area contributed by atoms with Crippen LogP contribution in [0.4, 0.5) is 15.9 Å². The van der Waals surface area contributed by atoms with Gasteiger partial charge in [0, 0.05) is 12.4 Å². The summed E-state index contributed by atoms with van der Waals surface area (Å²) in [5, 5.41) is 2.42. The van der Waals surface area contributed by atoms with Crippen LogP contribution in [0.3, 0.4) is 0 Å². The van der Waals surface area contributed by atoms with Crippen molar-refractivity contribution in [1.82, 2.24) is 9.97 Å². The zero-order chi connectivity index (χ0) is 13.0. The van der Waals surface area contributed by atoms with Crippen molar-refractivity contribution in [1.29, 1.82) is 0 Å². The summed E-state index contributed by atoms with van der Waals surface area (Å²) in [5.74, 6) is 4.52. The molecule has 0 aromatic carbocycles. The molecule has 0 spiro atoms. The normalized spacial score (nSPS) is 9.89. The molecule has 0 bridgehead atoms. The van der Waals surface area contributed by atoms with Gasteiger partial charge in [-0.25, -0.2) is 15.2 Å². The number of aromatic nitrogens is 2. The van der Waals surface area contributed by atoms with Crippen LogP contribution < -0.4 is 16.6 Å². The number of nitrogens with one attached hydrogen (secondary N) is 2. The highest BCUT2D eigenvalue weighted by molar-refractivity contribution is 6.04. The zero-order valence-corrected chi connectivity index (χ0v) is 9.22. The lowest BCUT2D eigenvalue weighted by Crippen LogP contribution is -2.14. The number of pyridine rings is 2. The summed E-state index contributed by atoms with van der Waals surface area (Å²) in [6, 6.07) is 4.44. The Morgan fingerprint density at radius 3 is 2.72 bits per heavy atom. The van der Waals surface area contributed by atoms with E-state index in [1.807, 2.05) is 0 Å². The minimum absolute atomic E-state index is 0.0658. The summed E-state index contributed by atoms with van der Waals surface area (Å²) < 4.78 is 13.3. The maximum Gasteiger partial charge on any atom is 0.257 e. The maximum atomic E-state index is 13.3. The van der Waals surface area contributed by atoms with Gasteiger partial charge in [0.05, 0.1) is 17.4 Å². The number of hydrogen-bond acceptors (Lipinski definition) is 5. The fourth-order valence-electron chi connectivity index (χ4n) is 1.28. The van der Waals surface area contributed by atoms with Gasteiger partial charge in [0.15, 0.2) is 5.82 Å². The molecule has 0 fully saturated rings. The first kappa shape index (κ1) is 11.9. The molecule has 0 aliphatic rings. The number of rotatable bonds is 3. The van der Waals surface area contributed by atoms with E-state index in [0.717, 1.165) is 6.20 Å². The third-order valence-corrected chi connectivity index (χ3v) is 2.19. The van der Waals surface area contributed by atoms with Gasteiger partial charge in [-0.05, 0) is 18.2 Å². The van der Waals surface area contributed by atoms with Gasteiger partial charge in [0.2, 0.25) is 0 Å². The summed E-state index contributed by atoms with van der Waals surface area (Å²) in [6.45, 7) is 0. The van der Waals surface area contributed by atoms with Crippen molar-refractivity contribution >= 4 is 17.4 Å². The zero-order valence-electron chi connectivity index (χ0n) is 9.22. The van der Waals surface area contributed by atoms with E-state index in [9.17, 15) is 9.18 Å². The van der Waals surface area contributed by atoms with Gasteiger partial charge in [-0.1, -0.05) is 0 Å². The van der Waals surface area contributed by atoms with Crippen molar-refractivity contribution in [2.45, 2.75) is 0 Å². The van der Waals surface area contributed by atoms with E-state index in [-0.39, 0.29) is 5.69 Å². The van der Waals surface area contributed by atoms with Crippen molar-refractivity contribution in [2.24, 2.45) is 5.84 Å².